The van der Waals surface area contributed by atoms with Crippen LogP contribution in [0.1, 0.15) is 18.4 Å². The Morgan fingerprint density at radius 1 is 1.19 bits per heavy atom. The van der Waals surface area contributed by atoms with Crippen molar-refractivity contribution in [2.75, 3.05) is 24.3 Å². The molecule has 9 nitrogen and oxygen atoms in total. The van der Waals surface area contributed by atoms with E-state index in [4.69, 9.17) is 21.1 Å². The molecule has 1 aliphatic heterocycles. The summed E-state index contributed by atoms with van der Waals surface area (Å²) >= 11 is 6.48. The fraction of sp³-hybridized carbons (Fsp3) is 0.231. The molecule has 1 aliphatic rings. The summed E-state index contributed by atoms with van der Waals surface area (Å²) in [5, 5.41) is 10.7. The van der Waals surface area contributed by atoms with Crippen LogP contribution in [0.25, 0.3) is 10.9 Å². The van der Waals surface area contributed by atoms with Gasteiger partial charge in [-0.1, -0.05) is 17.7 Å². The van der Waals surface area contributed by atoms with E-state index < -0.39 is 0 Å². The van der Waals surface area contributed by atoms with Gasteiger partial charge in [-0.15, -0.1) is 0 Å². The predicted octanol–water partition coefficient (Wildman–Crippen LogP) is 4.70. The Bertz CT molecular complexity index is 1380. The molecule has 0 radical (unpaired) electrons. The van der Waals surface area contributed by atoms with Crippen LogP contribution in [0.15, 0.2) is 61.2 Å². The van der Waals surface area contributed by atoms with Gasteiger partial charge in [-0.25, -0.2) is 9.97 Å². The third kappa shape index (κ3) is 5.32. The number of aromatic nitrogens is 3. The van der Waals surface area contributed by atoms with Crippen molar-refractivity contribution in [1.29, 1.82) is 0 Å². The molecule has 3 heterocycles. The standard InChI is InChI=1S/C26H25ClN6O3/c1-35-24-12-21-18(11-22(24)33-26(34)20-5-3-9-29-20)25(31-15-30-21)32-17-6-7-23(19(27)10-17)36-14-16-4-2-8-28-13-16/h2,4,6-8,10-13,15,20,29H,3,5,9,14H2,1H3,(H,33,34)(H,30,31,32)/t20-/m0/s1. The van der Waals surface area contributed by atoms with E-state index in [1.54, 1.807) is 37.7 Å². The second-order valence-electron chi connectivity index (χ2n) is 8.35. The van der Waals surface area contributed by atoms with Gasteiger partial charge < -0.3 is 25.4 Å². The van der Waals surface area contributed by atoms with Gasteiger partial charge in [-0.2, -0.15) is 0 Å². The summed E-state index contributed by atoms with van der Waals surface area (Å²) in [6.07, 6.45) is 6.72. The van der Waals surface area contributed by atoms with Crippen LogP contribution in [0, 0.1) is 0 Å². The van der Waals surface area contributed by atoms with Crippen molar-refractivity contribution in [3.63, 3.8) is 0 Å². The minimum atomic E-state index is -0.212. The van der Waals surface area contributed by atoms with Crippen molar-refractivity contribution in [3.8, 4) is 11.5 Å². The Morgan fingerprint density at radius 2 is 2.11 bits per heavy atom. The van der Waals surface area contributed by atoms with Gasteiger partial charge in [0, 0.05) is 35.1 Å². The maximum Gasteiger partial charge on any atom is 0.241 e. The molecule has 3 N–H and O–H groups in total. The lowest BCUT2D eigenvalue weighted by Gasteiger charge is -2.16. The molecule has 36 heavy (non-hydrogen) atoms. The summed E-state index contributed by atoms with van der Waals surface area (Å²) < 4.78 is 11.3. The van der Waals surface area contributed by atoms with Gasteiger partial charge in [0.25, 0.3) is 0 Å². The van der Waals surface area contributed by atoms with Gasteiger partial charge in [-0.05, 0) is 49.7 Å². The summed E-state index contributed by atoms with van der Waals surface area (Å²) in [5.74, 6) is 1.56. The zero-order valence-corrected chi connectivity index (χ0v) is 20.4. The highest BCUT2D eigenvalue weighted by molar-refractivity contribution is 6.32. The fourth-order valence-corrected chi connectivity index (χ4v) is 4.29. The number of halogens is 1. The van der Waals surface area contributed by atoms with Crippen LogP contribution in [0.4, 0.5) is 17.2 Å². The van der Waals surface area contributed by atoms with E-state index >= 15 is 0 Å². The number of rotatable bonds is 8. The second-order valence-corrected chi connectivity index (χ2v) is 8.76. The van der Waals surface area contributed by atoms with E-state index in [0.717, 1.165) is 36.0 Å². The highest BCUT2D eigenvalue weighted by Crippen LogP contribution is 2.35. The number of hydrogen-bond donors (Lipinski definition) is 3. The molecule has 1 saturated heterocycles. The number of carbonyl (C=O) groups excluding carboxylic acids is 1. The van der Waals surface area contributed by atoms with E-state index in [0.29, 0.717) is 40.2 Å². The van der Waals surface area contributed by atoms with Crippen LogP contribution < -0.4 is 25.4 Å². The Morgan fingerprint density at radius 3 is 2.86 bits per heavy atom. The number of ether oxygens (including phenoxy) is 2. The first-order valence-corrected chi connectivity index (χ1v) is 11.9. The Hall–Kier alpha value is -3.95. The zero-order valence-electron chi connectivity index (χ0n) is 19.6. The summed E-state index contributed by atoms with van der Waals surface area (Å²) in [6, 6.07) is 12.6. The molecule has 2 aromatic heterocycles. The van der Waals surface area contributed by atoms with Crippen molar-refractivity contribution >= 4 is 45.6 Å². The van der Waals surface area contributed by atoms with E-state index in [1.165, 1.54) is 6.33 Å². The second kappa shape index (κ2) is 10.8. The molecule has 10 heteroatoms. The molecule has 0 bridgehead atoms. The third-order valence-corrected chi connectivity index (χ3v) is 6.20. The first-order valence-electron chi connectivity index (χ1n) is 11.6. The average molecular weight is 505 g/mol. The molecule has 0 saturated carbocycles. The molecule has 1 atom stereocenters. The van der Waals surface area contributed by atoms with Gasteiger partial charge in [0.2, 0.25) is 5.91 Å². The molecular weight excluding hydrogens is 480 g/mol. The summed E-state index contributed by atoms with van der Waals surface area (Å²) in [7, 11) is 1.56. The van der Waals surface area contributed by atoms with E-state index in [2.05, 4.69) is 30.9 Å². The number of hydrogen-bond acceptors (Lipinski definition) is 8. The van der Waals surface area contributed by atoms with Crippen LogP contribution in [0.2, 0.25) is 5.02 Å². The number of benzene rings is 2. The lowest BCUT2D eigenvalue weighted by molar-refractivity contribution is -0.117. The Kier molecular flexibility index (Phi) is 7.11. The van der Waals surface area contributed by atoms with Crippen molar-refractivity contribution in [3.05, 3.63) is 71.8 Å². The van der Waals surface area contributed by atoms with Gasteiger partial charge in [0.15, 0.2) is 0 Å². The monoisotopic (exact) mass is 504 g/mol. The highest BCUT2D eigenvalue weighted by atomic mass is 35.5. The van der Waals surface area contributed by atoms with Crippen molar-refractivity contribution < 1.29 is 14.3 Å². The third-order valence-electron chi connectivity index (χ3n) is 5.90. The number of anilines is 3. The molecule has 0 unspecified atom stereocenters. The van der Waals surface area contributed by atoms with Crippen LogP contribution in [-0.2, 0) is 11.4 Å². The van der Waals surface area contributed by atoms with Crippen molar-refractivity contribution in [2.24, 2.45) is 0 Å². The molecule has 1 amide bonds. The quantitative estimate of drug-likeness (QED) is 0.317. The topological polar surface area (TPSA) is 110 Å². The highest BCUT2D eigenvalue weighted by Gasteiger charge is 2.23. The number of nitrogens with one attached hydrogen (secondary N) is 3. The van der Waals surface area contributed by atoms with Crippen LogP contribution in [-0.4, -0.2) is 40.6 Å². The normalized spacial score (nSPS) is 15.0. The smallest absolute Gasteiger partial charge is 0.241 e. The molecule has 0 spiro atoms. The molecular formula is C26H25ClN6O3. The molecule has 1 fully saturated rings. The van der Waals surface area contributed by atoms with Gasteiger partial charge >= 0.3 is 0 Å². The zero-order chi connectivity index (χ0) is 24.9. The van der Waals surface area contributed by atoms with Gasteiger partial charge in [-0.3, -0.25) is 9.78 Å². The molecule has 184 valence electrons. The van der Waals surface area contributed by atoms with Gasteiger partial charge in [0.05, 0.1) is 29.4 Å². The maximum absolute atomic E-state index is 12.7. The van der Waals surface area contributed by atoms with Crippen molar-refractivity contribution in [2.45, 2.75) is 25.5 Å². The average Bonchev–Trinajstić information content (AvgIpc) is 3.44. The number of nitrogens with zero attached hydrogens (tertiary/aromatic N) is 3. The maximum atomic E-state index is 12.7. The van der Waals surface area contributed by atoms with Crippen LogP contribution >= 0.6 is 11.6 Å². The number of amides is 1. The van der Waals surface area contributed by atoms with Crippen molar-refractivity contribution in [1.82, 2.24) is 20.3 Å². The lowest BCUT2D eigenvalue weighted by Crippen LogP contribution is -2.35. The summed E-state index contributed by atoms with van der Waals surface area (Å²) in [5.41, 5.74) is 2.90. The molecule has 4 aromatic rings. The predicted molar refractivity (Wildman–Crippen MR) is 139 cm³/mol. The molecule has 0 aliphatic carbocycles. The fourth-order valence-electron chi connectivity index (χ4n) is 4.06. The first kappa shape index (κ1) is 23.8. The van der Waals surface area contributed by atoms with E-state index in [1.807, 2.05) is 24.3 Å². The summed E-state index contributed by atoms with van der Waals surface area (Å²) in [4.78, 5) is 25.6. The van der Waals surface area contributed by atoms with E-state index in [9.17, 15) is 4.79 Å². The van der Waals surface area contributed by atoms with E-state index in [-0.39, 0.29) is 11.9 Å². The Balaban J connectivity index is 1.37. The van der Waals surface area contributed by atoms with Gasteiger partial charge in [0.1, 0.15) is 30.3 Å². The van der Waals surface area contributed by atoms with Crippen LogP contribution in [0.5, 0.6) is 11.5 Å². The molecule has 5 rings (SSSR count). The number of carbonyl (C=O) groups is 1. The first-order chi connectivity index (χ1) is 17.6. The summed E-state index contributed by atoms with van der Waals surface area (Å²) in [6.45, 7) is 1.20. The molecule has 2 aromatic carbocycles. The van der Waals surface area contributed by atoms with Crippen LogP contribution in [0.3, 0.4) is 0 Å². The Labute approximate surface area is 213 Å². The number of fused-ring (bicyclic) bond motifs is 1. The minimum absolute atomic E-state index is 0.0924. The SMILES string of the molecule is COc1cc2ncnc(Nc3ccc(OCc4cccnc4)c(Cl)c3)c2cc1NC(=O)[C@@H]1CCCN1. The minimum Gasteiger partial charge on any atom is -0.494 e. The number of pyridine rings is 1. The largest absolute Gasteiger partial charge is 0.494 e. The lowest BCUT2D eigenvalue weighted by atomic mass is 10.1. The number of methoxy groups -OCH3 is 1.